The first kappa shape index (κ1) is 30.5. The van der Waals surface area contributed by atoms with E-state index < -0.39 is 28.5 Å². The largest absolute Gasteiger partial charge is 0.352 e. The van der Waals surface area contributed by atoms with E-state index in [4.69, 9.17) is 23.2 Å². The number of nitrogens with zero attached hydrogens (tertiary/aromatic N) is 2. The summed E-state index contributed by atoms with van der Waals surface area (Å²) in [5.74, 6) is -0.934. The van der Waals surface area contributed by atoms with Crippen LogP contribution in [0.2, 0.25) is 10.0 Å². The fraction of sp³-hybridized carbons (Fsp3) is 0.310. The van der Waals surface area contributed by atoms with E-state index in [1.807, 2.05) is 33.8 Å². The number of amides is 2. The van der Waals surface area contributed by atoms with E-state index in [2.05, 4.69) is 5.32 Å². The molecule has 0 aromatic heterocycles. The standard InChI is InChI=1S/C29H33Cl2N3O4S/c1-19(2)32-29(36)22(5)33(17-23-11-12-24(30)16-27(23)31)28(35)18-34(25-8-6-7-21(4)15-25)39(37,38)26-13-9-20(3)10-14-26/h6-16,19,22H,17-18H2,1-5H3,(H,32,36)/t22-/m1/s1. The monoisotopic (exact) mass is 589 g/mol. The number of halogens is 2. The lowest BCUT2D eigenvalue weighted by Gasteiger charge is -2.32. The van der Waals surface area contributed by atoms with Crippen LogP contribution in [-0.4, -0.2) is 43.8 Å². The third-order valence-electron chi connectivity index (χ3n) is 6.13. The second-order valence-corrected chi connectivity index (χ2v) is 12.5. The van der Waals surface area contributed by atoms with Crippen LogP contribution < -0.4 is 9.62 Å². The molecule has 0 aliphatic rings. The zero-order chi connectivity index (χ0) is 28.9. The van der Waals surface area contributed by atoms with Gasteiger partial charge in [0.25, 0.3) is 10.0 Å². The molecule has 0 saturated heterocycles. The summed E-state index contributed by atoms with van der Waals surface area (Å²) in [5, 5.41) is 3.59. The van der Waals surface area contributed by atoms with Crippen LogP contribution in [0.3, 0.4) is 0 Å². The van der Waals surface area contributed by atoms with E-state index >= 15 is 0 Å². The van der Waals surface area contributed by atoms with Crippen LogP contribution in [0.5, 0.6) is 0 Å². The van der Waals surface area contributed by atoms with Gasteiger partial charge >= 0.3 is 0 Å². The minimum Gasteiger partial charge on any atom is -0.352 e. The summed E-state index contributed by atoms with van der Waals surface area (Å²) in [6.45, 7) is 8.40. The zero-order valence-corrected chi connectivity index (χ0v) is 24.9. The number of hydrogen-bond acceptors (Lipinski definition) is 4. The Labute approximate surface area is 240 Å². The summed E-state index contributed by atoms with van der Waals surface area (Å²) in [6, 6.07) is 17.2. The lowest BCUT2D eigenvalue weighted by Crippen LogP contribution is -2.52. The quantitative estimate of drug-likeness (QED) is 0.326. The maximum Gasteiger partial charge on any atom is 0.264 e. The maximum absolute atomic E-state index is 13.9. The molecule has 0 aliphatic heterocycles. The Hall–Kier alpha value is -3.07. The summed E-state index contributed by atoms with van der Waals surface area (Å²) < 4.78 is 28.8. The molecule has 0 unspecified atom stereocenters. The smallest absolute Gasteiger partial charge is 0.264 e. The van der Waals surface area contributed by atoms with Crippen LogP contribution in [0.25, 0.3) is 0 Å². The number of carbonyl (C=O) groups excluding carboxylic acids is 2. The van der Waals surface area contributed by atoms with Crippen molar-refractivity contribution in [1.29, 1.82) is 0 Å². The number of aryl methyl sites for hydroxylation is 2. The Bertz CT molecular complexity index is 1440. The van der Waals surface area contributed by atoms with E-state index in [9.17, 15) is 18.0 Å². The Kier molecular flexibility index (Phi) is 10.0. The van der Waals surface area contributed by atoms with Gasteiger partial charge in [-0.3, -0.25) is 13.9 Å². The number of benzene rings is 3. The average Bonchev–Trinajstić information content (AvgIpc) is 2.86. The highest BCUT2D eigenvalue weighted by molar-refractivity contribution is 7.92. The lowest BCUT2D eigenvalue weighted by molar-refractivity contribution is -0.139. The third-order valence-corrected chi connectivity index (χ3v) is 8.51. The predicted octanol–water partition coefficient (Wildman–Crippen LogP) is 5.75. The summed E-state index contributed by atoms with van der Waals surface area (Å²) in [7, 11) is -4.13. The van der Waals surface area contributed by atoms with Gasteiger partial charge in [-0.15, -0.1) is 0 Å². The molecule has 3 rings (SSSR count). The first-order chi connectivity index (χ1) is 18.3. The lowest BCUT2D eigenvalue weighted by atomic mass is 10.1. The van der Waals surface area contributed by atoms with Crippen LogP contribution in [-0.2, 0) is 26.2 Å². The van der Waals surface area contributed by atoms with Crippen LogP contribution in [0, 0.1) is 13.8 Å². The molecule has 1 atom stereocenters. The molecule has 0 radical (unpaired) electrons. The van der Waals surface area contributed by atoms with Crippen molar-refractivity contribution in [3.05, 3.63) is 93.5 Å². The average molecular weight is 591 g/mol. The van der Waals surface area contributed by atoms with E-state index in [-0.39, 0.29) is 23.4 Å². The van der Waals surface area contributed by atoms with Crippen molar-refractivity contribution in [3.8, 4) is 0 Å². The highest BCUT2D eigenvalue weighted by Gasteiger charge is 2.33. The van der Waals surface area contributed by atoms with Crippen molar-refractivity contribution >= 4 is 50.7 Å². The fourth-order valence-electron chi connectivity index (χ4n) is 3.97. The number of nitrogens with one attached hydrogen (secondary N) is 1. The molecule has 208 valence electrons. The zero-order valence-electron chi connectivity index (χ0n) is 22.6. The normalized spacial score (nSPS) is 12.2. The molecule has 2 amide bonds. The van der Waals surface area contributed by atoms with Gasteiger partial charge in [0.05, 0.1) is 10.6 Å². The van der Waals surface area contributed by atoms with Crippen molar-refractivity contribution < 1.29 is 18.0 Å². The van der Waals surface area contributed by atoms with Crippen LogP contribution in [0.15, 0.2) is 71.6 Å². The van der Waals surface area contributed by atoms with Crippen LogP contribution >= 0.6 is 23.2 Å². The second kappa shape index (κ2) is 12.9. The first-order valence-electron chi connectivity index (χ1n) is 12.5. The van der Waals surface area contributed by atoms with Gasteiger partial charge in [-0.1, -0.05) is 59.1 Å². The summed E-state index contributed by atoms with van der Waals surface area (Å²) >= 11 is 12.5. The van der Waals surface area contributed by atoms with Gasteiger partial charge in [-0.25, -0.2) is 8.42 Å². The minimum absolute atomic E-state index is 0.0201. The highest BCUT2D eigenvalue weighted by Crippen LogP contribution is 2.27. The Morgan fingerprint density at radius 1 is 0.897 bits per heavy atom. The SMILES string of the molecule is Cc1ccc(S(=O)(=O)N(CC(=O)N(Cc2ccc(Cl)cc2Cl)[C@H](C)C(=O)NC(C)C)c2cccc(C)c2)cc1. The fourth-order valence-corrected chi connectivity index (χ4v) is 5.84. The number of carbonyl (C=O) groups is 2. The van der Waals surface area contributed by atoms with Crippen molar-refractivity contribution in [2.75, 3.05) is 10.8 Å². The minimum atomic E-state index is -4.13. The van der Waals surface area contributed by atoms with Crippen molar-refractivity contribution in [1.82, 2.24) is 10.2 Å². The van der Waals surface area contributed by atoms with Gasteiger partial charge < -0.3 is 10.2 Å². The molecule has 10 heteroatoms. The number of rotatable bonds is 10. The number of anilines is 1. The molecule has 39 heavy (non-hydrogen) atoms. The molecule has 0 spiro atoms. The highest BCUT2D eigenvalue weighted by atomic mass is 35.5. The molecule has 0 saturated carbocycles. The van der Waals surface area contributed by atoms with E-state index in [0.29, 0.717) is 21.3 Å². The summed E-state index contributed by atoms with van der Waals surface area (Å²) in [4.78, 5) is 28.3. The van der Waals surface area contributed by atoms with E-state index in [1.165, 1.54) is 17.0 Å². The first-order valence-corrected chi connectivity index (χ1v) is 14.7. The van der Waals surface area contributed by atoms with E-state index in [1.54, 1.807) is 55.5 Å². The summed E-state index contributed by atoms with van der Waals surface area (Å²) in [5.41, 5.74) is 2.65. The van der Waals surface area contributed by atoms with Gasteiger partial charge in [0.2, 0.25) is 11.8 Å². The van der Waals surface area contributed by atoms with Crippen molar-refractivity contribution in [2.24, 2.45) is 0 Å². The molecule has 0 fully saturated rings. The van der Waals surface area contributed by atoms with Gasteiger partial charge in [-0.05, 0) is 82.1 Å². The number of sulfonamides is 1. The maximum atomic E-state index is 13.9. The Morgan fingerprint density at radius 2 is 1.56 bits per heavy atom. The van der Waals surface area contributed by atoms with Gasteiger partial charge in [0.1, 0.15) is 12.6 Å². The van der Waals surface area contributed by atoms with Gasteiger partial charge in [0.15, 0.2) is 0 Å². The summed E-state index contributed by atoms with van der Waals surface area (Å²) in [6.07, 6.45) is 0. The number of hydrogen-bond donors (Lipinski definition) is 1. The topological polar surface area (TPSA) is 86.8 Å². The second-order valence-electron chi connectivity index (χ2n) is 9.76. The van der Waals surface area contributed by atoms with Gasteiger partial charge in [-0.2, -0.15) is 0 Å². The molecular weight excluding hydrogens is 557 g/mol. The molecule has 3 aromatic carbocycles. The Morgan fingerprint density at radius 3 is 2.15 bits per heavy atom. The van der Waals surface area contributed by atoms with Crippen LogP contribution in [0.4, 0.5) is 5.69 Å². The molecule has 1 N–H and O–H groups in total. The molecular formula is C29H33Cl2N3O4S. The molecule has 3 aromatic rings. The molecule has 0 aliphatic carbocycles. The van der Waals surface area contributed by atoms with Gasteiger partial charge in [0, 0.05) is 22.6 Å². The molecule has 0 bridgehead atoms. The predicted molar refractivity (Wildman–Crippen MR) is 157 cm³/mol. The molecule has 7 nitrogen and oxygen atoms in total. The van der Waals surface area contributed by atoms with Crippen molar-refractivity contribution in [2.45, 2.75) is 58.1 Å². The van der Waals surface area contributed by atoms with Crippen LogP contribution in [0.1, 0.15) is 37.5 Å². The van der Waals surface area contributed by atoms with E-state index in [0.717, 1.165) is 15.4 Å². The molecule has 0 heterocycles. The Balaban J connectivity index is 2.05. The van der Waals surface area contributed by atoms with Crippen molar-refractivity contribution in [3.63, 3.8) is 0 Å². The third kappa shape index (κ3) is 7.75.